The zero-order chi connectivity index (χ0) is 20.1. The maximum absolute atomic E-state index is 13.1. The number of hydrogen-bond acceptors (Lipinski definition) is 3. The Morgan fingerprint density at radius 1 is 1.00 bits per heavy atom. The third kappa shape index (κ3) is 4.74. The summed E-state index contributed by atoms with van der Waals surface area (Å²) in [5.74, 6) is 0.838. The lowest BCUT2D eigenvalue weighted by Gasteiger charge is -2.26. The summed E-state index contributed by atoms with van der Waals surface area (Å²) in [6.07, 6.45) is 1.58. The molecule has 0 aliphatic rings. The van der Waals surface area contributed by atoms with Crippen molar-refractivity contribution in [3.05, 3.63) is 83.8 Å². The van der Waals surface area contributed by atoms with Gasteiger partial charge in [0.2, 0.25) is 0 Å². The molecule has 0 spiro atoms. The molecule has 2 aromatic carbocycles. The summed E-state index contributed by atoms with van der Waals surface area (Å²) in [7, 11) is 0. The molecular weight excluding hydrogens is 352 g/mol. The molecule has 2 amide bonds. The molecular formula is C23H26N2O3. The molecule has 146 valence electrons. The van der Waals surface area contributed by atoms with Crippen LogP contribution in [-0.2, 0) is 18.5 Å². The fourth-order valence-corrected chi connectivity index (χ4v) is 3.08. The number of amides is 2. The van der Waals surface area contributed by atoms with E-state index >= 15 is 0 Å². The summed E-state index contributed by atoms with van der Waals surface area (Å²) in [5.41, 5.74) is 2.41. The largest absolute Gasteiger partial charge is 0.508 e. The zero-order valence-electron chi connectivity index (χ0n) is 16.5. The van der Waals surface area contributed by atoms with E-state index in [2.05, 4.69) is 26.1 Å². The normalized spacial score (nSPS) is 11.2. The smallest absolute Gasteiger partial charge is 0.322 e. The van der Waals surface area contributed by atoms with E-state index in [1.165, 1.54) is 0 Å². The Labute approximate surface area is 165 Å². The maximum atomic E-state index is 13.1. The summed E-state index contributed by atoms with van der Waals surface area (Å²) in [4.78, 5) is 14.7. The molecule has 1 heterocycles. The molecule has 0 bridgehead atoms. The number of carbonyl (C=O) groups excluding carboxylic acids is 1. The third-order valence-electron chi connectivity index (χ3n) is 4.54. The highest BCUT2D eigenvalue weighted by Crippen LogP contribution is 2.30. The highest BCUT2D eigenvalue weighted by molar-refractivity contribution is 5.90. The van der Waals surface area contributed by atoms with E-state index in [0.717, 1.165) is 11.3 Å². The van der Waals surface area contributed by atoms with E-state index < -0.39 is 0 Å². The first kappa shape index (κ1) is 19.5. The van der Waals surface area contributed by atoms with Gasteiger partial charge >= 0.3 is 6.03 Å². The van der Waals surface area contributed by atoms with Crippen molar-refractivity contribution in [2.24, 2.45) is 0 Å². The predicted molar refractivity (Wildman–Crippen MR) is 110 cm³/mol. The van der Waals surface area contributed by atoms with Crippen LogP contribution in [0.1, 0.15) is 37.7 Å². The van der Waals surface area contributed by atoms with Crippen LogP contribution < -0.4 is 5.32 Å². The number of phenols is 1. The molecule has 0 fully saturated rings. The second-order valence-corrected chi connectivity index (χ2v) is 7.79. The number of anilines is 1. The van der Waals surface area contributed by atoms with Gasteiger partial charge in [-0.3, -0.25) is 0 Å². The van der Waals surface area contributed by atoms with Gasteiger partial charge in [-0.05, 0) is 35.2 Å². The number of para-hydroxylation sites is 2. The highest BCUT2D eigenvalue weighted by atomic mass is 16.3. The van der Waals surface area contributed by atoms with Gasteiger partial charge in [0.05, 0.1) is 19.4 Å². The Kier molecular flexibility index (Phi) is 5.73. The van der Waals surface area contributed by atoms with Crippen LogP contribution in [-0.4, -0.2) is 16.0 Å². The quantitative estimate of drug-likeness (QED) is 0.614. The topological polar surface area (TPSA) is 65.7 Å². The number of urea groups is 1. The molecule has 28 heavy (non-hydrogen) atoms. The van der Waals surface area contributed by atoms with Gasteiger partial charge in [0.25, 0.3) is 0 Å². The van der Waals surface area contributed by atoms with Crippen molar-refractivity contribution in [1.82, 2.24) is 4.90 Å². The number of aromatic hydroxyl groups is 1. The number of rotatable bonds is 5. The van der Waals surface area contributed by atoms with Crippen molar-refractivity contribution in [3.8, 4) is 5.75 Å². The second-order valence-electron chi connectivity index (χ2n) is 7.79. The van der Waals surface area contributed by atoms with Gasteiger partial charge in [-0.2, -0.15) is 0 Å². The summed E-state index contributed by atoms with van der Waals surface area (Å²) in [6.45, 7) is 6.89. The summed E-state index contributed by atoms with van der Waals surface area (Å²) in [5, 5.41) is 13.2. The van der Waals surface area contributed by atoms with Gasteiger partial charge in [0.15, 0.2) is 0 Å². The Morgan fingerprint density at radius 2 is 1.71 bits per heavy atom. The lowest BCUT2D eigenvalue weighted by Crippen LogP contribution is -2.34. The maximum Gasteiger partial charge on any atom is 0.322 e. The average molecular weight is 378 g/mol. The number of nitrogens with zero attached hydrogens (tertiary/aromatic N) is 1. The van der Waals surface area contributed by atoms with Crippen molar-refractivity contribution in [1.29, 1.82) is 0 Å². The SMILES string of the molecule is CC(C)(C)c1ccccc1NC(=O)N(Cc1ccco1)Cc1ccccc1O. The number of carbonyl (C=O) groups is 1. The molecule has 1 aromatic heterocycles. The Balaban J connectivity index is 1.86. The van der Waals surface area contributed by atoms with Crippen molar-refractivity contribution in [2.75, 3.05) is 5.32 Å². The number of nitrogens with one attached hydrogen (secondary N) is 1. The molecule has 0 atom stereocenters. The van der Waals surface area contributed by atoms with Crippen molar-refractivity contribution >= 4 is 11.7 Å². The first-order valence-corrected chi connectivity index (χ1v) is 9.29. The summed E-state index contributed by atoms with van der Waals surface area (Å²) in [6, 6.07) is 18.2. The van der Waals surface area contributed by atoms with Crippen LogP contribution in [0.3, 0.4) is 0 Å². The number of hydrogen-bond donors (Lipinski definition) is 2. The molecule has 0 unspecified atom stereocenters. The third-order valence-corrected chi connectivity index (χ3v) is 4.54. The Morgan fingerprint density at radius 3 is 2.39 bits per heavy atom. The molecule has 0 saturated heterocycles. The molecule has 3 rings (SSSR count). The monoisotopic (exact) mass is 378 g/mol. The van der Waals surface area contributed by atoms with Crippen molar-refractivity contribution < 1.29 is 14.3 Å². The molecule has 0 aliphatic carbocycles. The van der Waals surface area contributed by atoms with E-state index in [9.17, 15) is 9.90 Å². The van der Waals surface area contributed by atoms with Crippen LogP contribution in [0.4, 0.5) is 10.5 Å². The van der Waals surface area contributed by atoms with Gasteiger partial charge in [0, 0.05) is 11.3 Å². The zero-order valence-corrected chi connectivity index (χ0v) is 16.5. The Hall–Kier alpha value is -3.21. The molecule has 0 saturated carbocycles. The van der Waals surface area contributed by atoms with Gasteiger partial charge in [0.1, 0.15) is 11.5 Å². The van der Waals surface area contributed by atoms with Gasteiger partial charge in [-0.1, -0.05) is 57.2 Å². The predicted octanol–water partition coefficient (Wildman–Crippen LogP) is 5.52. The first-order chi connectivity index (χ1) is 13.3. The lowest BCUT2D eigenvalue weighted by atomic mass is 9.86. The van der Waals surface area contributed by atoms with E-state index in [1.807, 2.05) is 36.4 Å². The molecule has 3 aromatic rings. The minimum absolute atomic E-state index is 0.104. The highest BCUT2D eigenvalue weighted by Gasteiger charge is 2.22. The van der Waals surface area contributed by atoms with Gasteiger partial charge in [-0.15, -0.1) is 0 Å². The van der Waals surface area contributed by atoms with E-state index in [1.54, 1.807) is 35.4 Å². The van der Waals surface area contributed by atoms with Gasteiger partial charge in [-0.25, -0.2) is 4.79 Å². The Bertz CT molecular complexity index is 927. The molecule has 5 nitrogen and oxygen atoms in total. The number of furan rings is 1. The van der Waals surface area contributed by atoms with Crippen LogP contribution in [0.25, 0.3) is 0 Å². The van der Waals surface area contributed by atoms with Crippen LogP contribution in [0, 0.1) is 0 Å². The molecule has 5 heteroatoms. The summed E-state index contributed by atoms with van der Waals surface area (Å²) >= 11 is 0. The molecule has 2 N–H and O–H groups in total. The minimum Gasteiger partial charge on any atom is -0.508 e. The minimum atomic E-state index is -0.253. The van der Waals surface area contributed by atoms with E-state index in [4.69, 9.17) is 4.42 Å². The molecule has 0 aliphatic heterocycles. The standard InChI is InChI=1S/C23H26N2O3/c1-23(2,3)19-11-5-6-12-20(19)24-22(27)25(16-18-10-8-14-28-18)15-17-9-4-7-13-21(17)26/h4-14,26H,15-16H2,1-3H3,(H,24,27). The number of benzene rings is 2. The van der Waals surface area contributed by atoms with Crippen molar-refractivity contribution in [3.63, 3.8) is 0 Å². The van der Waals surface area contributed by atoms with E-state index in [0.29, 0.717) is 17.9 Å². The second kappa shape index (κ2) is 8.21. The van der Waals surface area contributed by atoms with Crippen LogP contribution in [0.2, 0.25) is 0 Å². The first-order valence-electron chi connectivity index (χ1n) is 9.29. The fourth-order valence-electron chi connectivity index (χ4n) is 3.08. The van der Waals surface area contributed by atoms with Crippen LogP contribution >= 0.6 is 0 Å². The number of phenolic OH excluding ortho intramolecular Hbond substituents is 1. The fraction of sp³-hybridized carbons (Fsp3) is 0.261. The lowest BCUT2D eigenvalue weighted by molar-refractivity contribution is 0.200. The van der Waals surface area contributed by atoms with Crippen LogP contribution in [0.5, 0.6) is 5.75 Å². The van der Waals surface area contributed by atoms with Crippen LogP contribution in [0.15, 0.2) is 71.3 Å². The van der Waals surface area contributed by atoms with Crippen molar-refractivity contribution in [2.45, 2.75) is 39.3 Å². The average Bonchev–Trinajstić information content (AvgIpc) is 3.15. The van der Waals surface area contributed by atoms with E-state index in [-0.39, 0.29) is 23.7 Å². The summed E-state index contributed by atoms with van der Waals surface area (Å²) < 4.78 is 5.43. The van der Waals surface area contributed by atoms with Gasteiger partial charge < -0.3 is 19.7 Å². The molecule has 0 radical (unpaired) electrons.